The van der Waals surface area contributed by atoms with Crippen LogP contribution in [0.1, 0.15) is 32.6 Å². The predicted octanol–water partition coefficient (Wildman–Crippen LogP) is 0.588. The van der Waals surface area contributed by atoms with E-state index in [1.165, 1.54) is 6.42 Å². The molecular formula is C15H29N3O2. The Labute approximate surface area is 122 Å². The van der Waals surface area contributed by atoms with Crippen LogP contribution in [0.15, 0.2) is 0 Å². The van der Waals surface area contributed by atoms with Gasteiger partial charge in [0.1, 0.15) is 0 Å². The van der Waals surface area contributed by atoms with Gasteiger partial charge in [-0.2, -0.15) is 0 Å². The Kier molecular flexibility index (Phi) is 6.26. The first-order valence-corrected chi connectivity index (χ1v) is 8.06. The van der Waals surface area contributed by atoms with E-state index in [2.05, 4.69) is 17.1 Å². The number of carbonyl (C=O) groups is 1. The maximum Gasteiger partial charge on any atom is 0.223 e. The zero-order valence-corrected chi connectivity index (χ0v) is 12.6. The highest BCUT2D eigenvalue weighted by molar-refractivity contribution is 5.79. The monoisotopic (exact) mass is 283 g/mol. The molecule has 0 bridgehead atoms. The largest absolute Gasteiger partial charge is 0.374 e. The molecule has 3 N–H and O–H groups in total. The lowest BCUT2D eigenvalue weighted by Gasteiger charge is -2.33. The van der Waals surface area contributed by atoms with Gasteiger partial charge in [-0.25, -0.2) is 0 Å². The van der Waals surface area contributed by atoms with Gasteiger partial charge in [-0.3, -0.25) is 9.69 Å². The average Bonchev–Trinajstić information content (AvgIpc) is 2.52. The van der Waals surface area contributed by atoms with Gasteiger partial charge in [0.15, 0.2) is 0 Å². The van der Waals surface area contributed by atoms with Crippen molar-refractivity contribution in [2.45, 2.75) is 38.7 Å². The van der Waals surface area contributed by atoms with Crippen molar-refractivity contribution in [3.05, 3.63) is 0 Å². The van der Waals surface area contributed by atoms with Gasteiger partial charge in [-0.05, 0) is 31.8 Å². The molecule has 2 aliphatic rings. The Morgan fingerprint density at radius 1 is 1.40 bits per heavy atom. The number of nitrogens with zero attached hydrogens (tertiary/aromatic N) is 1. The number of hydrogen-bond acceptors (Lipinski definition) is 4. The van der Waals surface area contributed by atoms with Crippen LogP contribution in [-0.4, -0.2) is 56.2 Å². The molecule has 0 aromatic rings. The summed E-state index contributed by atoms with van der Waals surface area (Å²) < 4.78 is 5.72. The smallest absolute Gasteiger partial charge is 0.223 e. The summed E-state index contributed by atoms with van der Waals surface area (Å²) in [7, 11) is 0. The van der Waals surface area contributed by atoms with Gasteiger partial charge in [-0.15, -0.1) is 0 Å². The van der Waals surface area contributed by atoms with Crippen LogP contribution in [0.2, 0.25) is 0 Å². The molecule has 1 saturated heterocycles. The second kappa shape index (κ2) is 7.96. The molecule has 0 aromatic heterocycles. The fourth-order valence-corrected chi connectivity index (χ4v) is 3.37. The zero-order chi connectivity index (χ0) is 14.4. The minimum absolute atomic E-state index is 0.111. The highest BCUT2D eigenvalue weighted by Crippen LogP contribution is 2.29. The third kappa shape index (κ3) is 4.17. The number of rotatable bonds is 5. The number of ether oxygens (including phenoxy) is 1. The Balaban J connectivity index is 1.76. The topological polar surface area (TPSA) is 67.6 Å². The maximum absolute atomic E-state index is 12.3. The van der Waals surface area contributed by atoms with Crippen LogP contribution in [0.25, 0.3) is 0 Å². The van der Waals surface area contributed by atoms with Gasteiger partial charge in [0.2, 0.25) is 5.91 Å². The number of amides is 1. The SMILES string of the molecule is CCN1CCOC(CNC(=O)C2CCCCC2CN)C1. The van der Waals surface area contributed by atoms with Crippen molar-refractivity contribution in [3.63, 3.8) is 0 Å². The predicted molar refractivity (Wildman–Crippen MR) is 79.4 cm³/mol. The number of nitrogens with one attached hydrogen (secondary N) is 1. The van der Waals surface area contributed by atoms with E-state index in [0.29, 0.717) is 19.0 Å². The molecule has 1 amide bonds. The summed E-state index contributed by atoms with van der Waals surface area (Å²) in [6, 6.07) is 0. The molecule has 5 heteroatoms. The molecule has 2 rings (SSSR count). The van der Waals surface area contributed by atoms with Gasteiger partial charge in [0, 0.05) is 25.6 Å². The second-order valence-corrected chi connectivity index (χ2v) is 6.02. The number of carbonyl (C=O) groups excluding carboxylic acids is 1. The molecule has 20 heavy (non-hydrogen) atoms. The molecule has 0 aromatic carbocycles. The van der Waals surface area contributed by atoms with Crippen molar-refractivity contribution in [1.82, 2.24) is 10.2 Å². The molecule has 2 fully saturated rings. The molecule has 1 saturated carbocycles. The van der Waals surface area contributed by atoms with Crippen LogP contribution in [0.4, 0.5) is 0 Å². The molecule has 116 valence electrons. The van der Waals surface area contributed by atoms with Crippen LogP contribution in [0.3, 0.4) is 0 Å². The number of nitrogens with two attached hydrogens (primary N) is 1. The van der Waals surface area contributed by atoms with Crippen LogP contribution in [-0.2, 0) is 9.53 Å². The minimum Gasteiger partial charge on any atom is -0.374 e. The summed E-state index contributed by atoms with van der Waals surface area (Å²) in [6.07, 6.45) is 4.58. The van der Waals surface area contributed by atoms with Crippen molar-refractivity contribution < 1.29 is 9.53 Å². The zero-order valence-electron chi connectivity index (χ0n) is 12.6. The van der Waals surface area contributed by atoms with E-state index in [0.717, 1.165) is 45.5 Å². The van der Waals surface area contributed by atoms with E-state index in [9.17, 15) is 4.79 Å². The molecule has 3 unspecified atom stereocenters. The molecule has 5 nitrogen and oxygen atoms in total. The fraction of sp³-hybridized carbons (Fsp3) is 0.933. The van der Waals surface area contributed by atoms with Gasteiger partial charge < -0.3 is 15.8 Å². The van der Waals surface area contributed by atoms with Crippen LogP contribution in [0, 0.1) is 11.8 Å². The summed E-state index contributed by atoms with van der Waals surface area (Å²) in [5.41, 5.74) is 5.80. The Bertz CT molecular complexity index is 311. The molecule has 0 spiro atoms. The average molecular weight is 283 g/mol. The lowest BCUT2D eigenvalue weighted by atomic mass is 9.79. The number of hydrogen-bond donors (Lipinski definition) is 2. The normalized spacial score (nSPS) is 32.0. The molecule has 1 aliphatic heterocycles. The minimum atomic E-state index is 0.111. The number of morpholine rings is 1. The molecule has 1 heterocycles. The quantitative estimate of drug-likeness (QED) is 0.775. The standard InChI is InChI=1S/C15H29N3O2/c1-2-18-7-8-20-13(11-18)10-17-15(19)14-6-4-3-5-12(14)9-16/h12-14H,2-11,16H2,1H3,(H,17,19). The summed E-state index contributed by atoms with van der Waals surface area (Å²) in [6.45, 7) is 7.15. The van der Waals surface area contributed by atoms with Crippen LogP contribution < -0.4 is 11.1 Å². The molecule has 1 aliphatic carbocycles. The van der Waals surface area contributed by atoms with Crippen molar-refractivity contribution in [1.29, 1.82) is 0 Å². The van der Waals surface area contributed by atoms with Gasteiger partial charge >= 0.3 is 0 Å². The first-order valence-electron chi connectivity index (χ1n) is 8.06. The first kappa shape index (κ1) is 15.7. The van der Waals surface area contributed by atoms with Gasteiger partial charge in [0.05, 0.1) is 12.7 Å². The van der Waals surface area contributed by atoms with Crippen molar-refractivity contribution in [2.75, 3.05) is 39.3 Å². The molecular weight excluding hydrogens is 254 g/mol. The summed E-state index contributed by atoms with van der Waals surface area (Å²) in [5.74, 6) is 0.653. The molecule has 3 atom stereocenters. The van der Waals surface area contributed by atoms with Crippen molar-refractivity contribution in [3.8, 4) is 0 Å². The third-order valence-electron chi connectivity index (χ3n) is 4.72. The van der Waals surface area contributed by atoms with E-state index in [1.807, 2.05) is 0 Å². The van der Waals surface area contributed by atoms with Crippen molar-refractivity contribution in [2.24, 2.45) is 17.6 Å². The highest BCUT2D eigenvalue weighted by atomic mass is 16.5. The second-order valence-electron chi connectivity index (χ2n) is 6.02. The van der Waals surface area contributed by atoms with E-state index in [4.69, 9.17) is 10.5 Å². The van der Waals surface area contributed by atoms with E-state index in [1.54, 1.807) is 0 Å². The third-order valence-corrected chi connectivity index (χ3v) is 4.72. The van der Waals surface area contributed by atoms with Gasteiger partial charge in [0.25, 0.3) is 0 Å². The van der Waals surface area contributed by atoms with Gasteiger partial charge in [-0.1, -0.05) is 19.8 Å². The Hall–Kier alpha value is -0.650. The van der Waals surface area contributed by atoms with Crippen LogP contribution >= 0.6 is 0 Å². The summed E-state index contributed by atoms with van der Waals surface area (Å²) in [4.78, 5) is 14.7. The van der Waals surface area contributed by atoms with E-state index < -0.39 is 0 Å². The number of likely N-dealkylation sites (N-methyl/N-ethyl adjacent to an activating group) is 1. The Morgan fingerprint density at radius 2 is 2.20 bits per heavy atom. The van der Waals surface area contributed by atoms with E-state index in [-0.39, 0.29) is 17.9 Å². The maximum atomic E-state index is 12.3. The van der Waals surface area contributed by atoms with Crippen molar-refractivity contribution >= 4 is 5.91 Å². The molecule has 0 radical (unpaired) electrons. The summed E-state index contributed by atoms with van der Waals surface area (Å²) in [5, 5.41) is 3.08. The fourth-order valence-electron chi connectivity index (χ4n) is 3.37. The summed E-state index contributed by atoms with van der Waals surface area (Å²) >= 11 is 0. The lowest BCUT2D eigenvalue weighted by Crippen LogP contribution is -2.49. The van der Waals surface area contributed by atoms with Crippen LogP contribution in [0.5, 0.6) is 0 Å². The highest BCUT2D eigenvalue weighted by Gasteiger charge is 2.30. The first-order chi connectivity index (χ1) is 9.74. The Morgan fingerprint density at radius 3 is 2.95 bits per heavy atom. The lowest BCUT2D eigenvalue weighted by molar-refractivity contribution is -0.128. The van der Waals surface area contributed by atoms with E-state index >= 15 is 0 Å².